The van der Waals surface area contributed by atoms with Crippen LogP contribution in [0.15, 0.2) is 65.4 Å². The van der Waals surface area contributed by atoms with Gasteiger partial charge in [-0.15, -0.1) is 22.7 Å². The highest BCUT2D eigenvalue weighted by Gasteiger charge is 2.11. The van der Waals surface area contributed by atoms with Gasteiger partial charge in [-0.05, 0) is 24.3 Å². The number of rotatable bonds is 4. The van der Waals surface area contributed by atoms with Crippen molar-refractivity contribution >= 4 is 22.7 Å². The first-order valence-electron chi connectivity index (χ1n) is 7.45. The van der Waals surface area contributed by atoms with Gasteiger partial charge < -0.3 is 4.74 Å². The predicted octanol–water partition coefficient (Wildman–Crippen LogP) is 5.61. The summed E-state index contributed by atoms with van der Waals surface area (Å²) >= 11 is 3.25. The summed E-state index contributed by atoms with van der Waals surface area (Å²) in [5.74, 6) is 0.849. The first-order chi connectivity index (χ1) is 11.8. The van der Waals surface area contributed by atoms with E-state index in [-0.39, 0.29) is 0 Å². The number of nitrogens with zero attached hydrogens (tertiary/aromatic N) is 2. The summed E-state index contributed by atoms with van der Waals surface area (Å²) in [5, 5.41) is 6.06. The van der Waals surface area contributed by atoms with Crippen molar-refractivity contribution in [2.75, 3.05) is 7.11 Å². The zero-order valence-corrected chi connectivity index (χ0v) is 14.6. The van der Waals surface area contributed by atoms with Crippen LogP contribution in [-0.2, 0) is 0 Å². The van der Waals surface area contributed by atoms with Gasteiger partial charge in [0.2, 0.25) is 0 Å². The van der Waals surface area contributed by atoms with E-state index in [0.717, 1.165) is 38.3 Å². The largest absolute Gasteiger partial charge is 0.497 e. The molecule has 0 bridgehead atoms. The summed E-state index contributed by atoms with van der Waals surface area (Å²) in [4.78, 5) is 9.47. The highest BCUT2D eigenvalue weighted by molar-refractivity contribution is 7.20. The lowest BCUT2D eigenvalue weighted by Crippen LogP contribution is -1.83. The van der Waals surface area contributed by atoms with Crippen LogP contribution in [0.2, 0.25) is 0 Å². The molecule has 2 heterocycles. The molecule has 3 nitrogen and oxygen atoms in total. The van der Waals surface area contributed by atoms with Crippen molar-refractivity contribution in [1.29, 1.82) is 0 Å². The van der Waals surface area contributed by atoms with Gasteiger partial charge in [-0.1, -0.05) is 30.3 Å². The average molecular weight is 350 g/mol. The molecule has 0 saturated heterocycles. The Hall–Kier alpha value is -2.50. The molecule has 0 saturated carbocycles. The van der Waals surface area contributed by atoms with Crippen LogP contribution in [0.3, 0.4) is 0 Å². The minimum Gasteiger partial charge on any atom is -0.497 e. The Morgan fingerprint density at radius 2 is 1.25 bits per heavy atom. The number of aromatic nitrogens is 2. The summed E-state index contributed by atoms with van der Waals surface area (Å²) in [6.45, 7) is 0. The highest BCUT2D eigenvalue weighted by atomic mass is 32.1. The summed E-state index contributed by atoms with van der Waals surface area (Å²) in [5.41, 5.74) is 4.18. The van der Waals surface area contributed by atoms with Gasteiger partial charge >= 0.3 is 0 Å². The number of benzene rings is 2. The van der Waals surface area contributed by atoms with Gasteiger partial charge in [0.25, 0.3) is 0 Å². The van der Waals surface area contributed by atoms with E-state index >= 15 is 0 Å². The van der Waals surface area contributed by atoms with Crippen molar-refractivity contribution in [3.05, 3.63) is 65.4 Å². The molecule has 0 atom stereocenters. The van der Waals surface area contributed by atoms with E-state index in [0.29, 0.717) is 0 Å². The van der Waals surface area contributed by atoms with Crippen LogP contribution >= 0.6 is 22.7 Å². The Morgan fingerprint density at radius 3 is 1.79 bits per heavy atom. The van der Waals surface area contributed by atoms with Crippen LogP contribution in [0.5, 0.6) is 5.75 Å². The molecule has 0 unspecified atom stereocenters. The van der Waals surface area contributed by atoms with Crippen LogP contribution in [0.1, 0.15) is 0 Å². The summed E-state index contributed by atoms with van der Waals surface area (Å²) in [6, 6.07) is 18.2. The second-order valence-electron chi connectivity index (χ2n) is 5.17. The number of thiazole rings is 2. The van der Waals surface area contributed by atoms with E-state index in [1.165, 1.54) is 0 Å². The third kappa shape index (κ3) is 2.96. The molecular weight excluding hydrogens is 336 g/mol. The maximum absolute atomic E-state index is 5.20. The van der Waals surface area contributed by atoms with Crippen LogP contribution in [0.25, 0.3) is 32.5 Å². The molecule has 4 rings (SSSR count). The van der Waals surface area contributed by atoms with Crippen molar-refractivity contribution in [3.8, 4) is 38.3 Å². The van der Waals surface area contributed by atoms with Gasteiger partial charge in [-0.25, -0.2) is 9.97 Å². The molecule has 0 spiro atoms. The van der Waals surface area contributed by atoms with Crippen molar-refractivity contribution in [2.45, 2.75) is 0 Å². The van der Waals surface area contributed by atoms with E-state index < -0.39 is 0 Å². The molecule has 0 amide bonds. The summed E-state index contributed by atoms with van der Waals surface area (Å²) < 4.78 is 5.20. The molecule has 118 valence electrons. The lowest BCUT2D eigenvalue weighted by molar-refractivity contribution is 0.415. The molecule has 24 heavy (non-hydrogen) atoms. The van der Waals surface area contributed by atoms with Crippen LogP contribution in [0, 0.1) is 0 Å². The first-order valence-corrected chi connectivity index (χ1v) is 9.21. The second kappa shape index (κ2) is 6.55. The van der Waals surface area contributed by atoms with Gasteiger partial charge in [0.1, 0.15) is 5.75 Å². The summed E-state index contributed by atoms with van der Waals surface area (Å²) in [6.07, 6.45) is 0. The zero-order chi connectivity index (χ0) is 16.4. The third-order valence-electron chi connectivity index (χ3n) is 3.65. The molecule has 0 radical (unpaired) electrons. The standard InChI is InChI=1S/C19H14N2OS2/c1-22-15-9-7-14(8-10-15)17-12-24-19(21-17)18-20-16(11-23-18)13-5-3-2-4-6-13/h2-12H,1H3. The van der Waals surface area contributed by atoms with Gasteiger partial charge in [0.05, 0.1) is 18.5 Å². The van der Waals surface area contributed by atoms with Crippen molar-refractivity contribution in [3.63, 3.8) is 0 Å². The molecule has 0 aliphatic carbocycles. The Morgan fingerprint density at radius 1 is 0.708 bits per heavy atom. The lowest BCUT2D eigenvalue weighted by Gasteiger charge is -2.00. The monoisotopic (exact) mass is 350 g/mol. The van der Waals surface area contributed by atoms with E-state index in [4.69, 9.17) is 14.7 Å². The molecule has 4 aromatic rings. The molecule has 0 aliphatic rings. The van der Waals surface area contributed by atoms with Gasteiger partial charge in [0, 0.05) is 21.9 Å². The third-order valence-corrected chi connectivity index (χ3v) is 5.47. The van der Waals surface area contributed by atoms with Crippen LogP contribution in [0.4, 0.5) is 0 Å². The smallest absolute Gasteiger partial charge is 0.152 e. The summed E-state index contributed by atoms with van der Waals surface area (Å²) in [7, 11) is 1.67. The van der Waals surface area contributed by atoms with Crippen molar-refractivity contribution in [1.82, 2.24) is 9.97 Å². The fraction of sp³-hybridized carbons (Fsp3) is 0.0526. The van der Waals surface area contributed by atoms with E-state index in [1.807, 2.05) is 42.5 Å². The molecule has 0 N–H and O–H groups in total. The SMILES string of the molecule is COc1ccc(-c2csc(-c3nc(-c4ccccc4)cs3)n2)cc1. The second-order valence-corrected chi connectivity index (χ2v) is 6.89. The fourth-order valence-corrected chi connectivity index (χ4v) is 4.09. The molecule has 0 aliphatic heterocycles. The molecule has 0 fully saturated rings. The van der Waals surface area contributed by atoms with Gasteiger partial charge in [-0.2, -0.15) is 0 Å². The molecule has 5 heteroatoms. The average Bonchev–Trinajstić information content (AvgIpc) is 3.32. The van der Waals surface area contributed by atoms with Crippen LogP contribution in [-0.4, -0.2) is 17.1 Å². The minimum absolute atomic E-state index is 0.849. The fourth-order valence-electron chi connectivity index (χ4n) is 2.38. The van der Waals surface area contributed by atoms with Crippen molar-refractivity contribution < 1.29 is 4.74 Å². The number of hydrogen-bond acceptors (Lipinski definition) is 5. The van der Waals surface area contributed by atoms with E-state index in [2.05, 4.69) is 22.9 Å². The van der Waals surface area contributed by atoms with Crippen molar-refractivity contribution in [2.24, 2.45) is 0 Å². The maximum Gasteiger partial charge on any atom is 0.152 e. The minimum atomic E-state index is 0.849. The Labute approximate surface area is 148 Å². The van der Waals surface area contributed by atoms with Gasteiger partial charge in [0.15, 0.2) is 10.0 Å². The molecule has 2 aromatic heterocycles. The topological polar surface area (TPSA) is 35.0 Å². The Kier molecular flexibility index (Phi) is 4.11. The number of ether oxygens (including phenoxy) is 1. The quantitative estimate of drug-likeness (QED) is 0.480. The molecular formula is C19H14N2OS2. The van der Waals surface area contributed by atoms with Crippen LogP contribution < -0.4 is 4.74 Å². The van der Waals surface area contributed by atoms with Gasteiger partial charge in [-0.3, -0.25) is 0 Å². The number of methoxy groups -OCH3 is 1. The molecule has 2 aromatic carbocycles. The Bertz CT molecular complexity index is 943. The zero-order valence-electron chi connectivity index (χ0n) is 13.0. The highest BCUT2D eigenvalue weighted by Crippen LogP contribution is 2.33. The van der Waals surface area contributed by atoms with E-state index in [9.17, 15) is 0 Å². The lowest BCUT2D eigenvalue weighted by atomic mass is 10.2. The number of hydrogen-bond donors (Lipinski definition) is 0. The normalized spacial score (nSPS) is 10.7. The van der Waals surface area contributed by atoms with E-state index in [1.54, 1.807) is 29.8 Å². The maximum atomic E-state index is 5.20. The first kappa shape index (κ1) is 15.1. The Balaban J connectivity index is 1.62. The predicted molar refractivity (Wildman–Crippen MR) is 101 cm³/mol.